The highest BCUT2D eigenvalue weighted by Crippen LogP contribution is 2.22. The van der Waals surface area contributed by atoms with Crippen molar-refractivity contribution in [2.45, 2.75) is 33.5 Å². The molecule has 0 aliphatic rings. The molecule has 0 fully saturated rings. The summed E-state index contributed by atoms with van der Waals surface area (Å²) in [6.45, 7) is 6.47. The van der Waals surface area contributed by atoms with E-state index >= 15 is 0 Å². The lowest BCUT2D eigenvalue weighted by molar-refractivity contribution is 0.174. The number of hydrazone groups is 1. The van der Waals surface area contributed by atoms with Gasteiger partial charge in [0.25, 0.3) is 0 Å². The van der Waals surface area contributed by atoms with E-state index in [2.05, 4.69) is 15.5 Å². The fraction of sp³-hybridized carbons (Fsp3) is 0.375. The Bertz CT molecular complexity index is 638. The van der Waals surface area contributed by atoms with Crippen LogP contribution >= 0.6 is 11.3 Å². The van der Waals surface area contributed by atoms with Gasteiger partial charge in [-0.1, -0.05) is 0 Å². The number of hydrogen-bond donors (Lipinski definition) is 1. The number of thiazole rings is 1. The average molecular weight is 319 g/mol. The predicted octanol–water partition coefficient (Wildman–Crippen LogP) is 3.83. The molecule has 0 unspecified atom stereocenters. The number of aryl methyl sites for hydroxylation is 1. The molecule has 2 aromatic rings. The number of anilines is 1. The van der Waals surface area contributed by atoms with Crippen molar-refractivity contribution in [1.82, 2.24) is 4.98 Å². The van der Waals surface area contributed by atoms with E-state index in [0.717, 1.165) is 27.7 Å². The molecule has 1 heterocycles. The molecule has 22 heavy (non-hydrogen) atoms. The second-order valence-corrected chi connectivity index (χ2v) is 5.99. The molecule has 0 amide bonds. The highest BCUT2D eigenvalue weighted by molar-refractivity contribution is 7.13. The molecule has 1 aromatic carbocycles. The summed E-state index contributed by atoms with van der Waals surface area (Å²) >= 11 is 1.53. The SMILES string of the molecule is COCc1cc(C=NNc2nc(C)cs2)ccc1OC(C)C. The summed E-state index contributed by atoms with van der Waals surface area (Å²) in [4.78, 5) is 4.29. The molecular formula is C16H21N3O2S. The van der Waals surface area contributed by atoms with Crippen molar-refractivity contribution in [2.75, 3.05) is 12.5 Å². The molecule has 0 saturated carbocycles. The third-order valence-electron chi connectivity index (χ3n) is 2.74. The van der Waals surface area contributed by atoms with Gasteiger partial charge in [0.05, 0.1) is 24.6 Å². The van der Waals surface area contributed by atoms with E-state index in [1.54, 1.807) is 13.3 Å². The van der Waals surface area contributed by atoms with E-state index in [1.807, 2.05) is 44.4 Å². The summed E-state index contributed by atoms with van der Waals surface area (Å²) in [7, 11) is 1.67. The Morgan fingerprint density at radius 2 is 2.23 bits per heavy atom. The summed E-state index contributed by atoms with van der Waals surface area (Å²) in [5, 5.41) is 6.97. The number of nitrogens with one attached hydrogen (secondary N) is 1. The number of hydrogen-bond acceptors (Lipinski definition) is 6. The molecule has 0 radical (unpaired) electrons. The van der Waals surface area contributed by atoms with Crippen LogP contribution in [0.25, 0.3) is 0 Å². The minimum atomic E-state index is 0.130. The Morgan fingerprint density at radius 1 is 1.41 bits per heavy atom. The maximum atomic E-state index is 5.78. The molecule has 0 atom stereocenters. The molecular weight excluding hydrogens is 298 g/mol. The van der Waals surface area contributed by atoms with Gasteiger partial charge < -0.3 is 9.47 Å². The summed E-state index contributed by atoms with van der Waals surface area (Å²) in [5.41, 5.74) is 5.89. The van der Waals surface area contributed by atoms with E-state index in [4.69, 9.17) is 9.47 Å². The number of methoxy groups -OCH3 is 1. The maximum Gasteiger partial charge on any atom is 0.203 e. The van der Waals surface area contributed by atoms with Crippen LogP contribution in [-0.2, 0) is 11.3 Å². The Balaban J connectivity index is 2.08. The number of ether oxygens (including phenoxy) is 2. The first-order valence-electron chi connectivity index (χ1n) is 7.08. The lowest BCUT2D eigenvalue weighted by atomic mass is 10.1. The lowest BCUT2D eigenvalue weighted by Crippen LogP contribution is -2.08. The molecule has 0 aliphatic carbocycles. The Labute approximate surface area is 135 Å². The van der Waals surface area contributed by atoms with E-state index in [-0.39, 0.29) is 6.10 Å². The minimum Gasteiger partial charge on any atom is -0.491 e. The summed E-state index contributed by atoms with van der Waals surface area (Å²) in [6.07, 6.45) is 1.89. The average Bonchev–Trinajstić information content (AvgIpc) is 2.87. The number of rotatable bonds is 7. The zero-order valence-electron chi connectivity index (χ0n) is 13.3. The van der Waals surface area contributed by atoms with Gasteiger partial charge in [-0.3, -0.25) is 5.43 Å². The normalized spacial score (nSPS) is 11.3. The van der Waals surface area contributed by atoms with Gasteiger partial charge in [-0.15, -0.1) is 11.3 Å². The van der Waals surface area contributed by atoms with Crippen LogP contribution in [-0.4, -0.2) is 24.4 Å². The zero-order valence-corrected chi connectivity index (χ0v) is 14.1. The van der Waals surface area contributed by atoms with Crippen molar-refractivity contribution in [1.29, 1.82) is 0 Å². The molecule has 1 aromatic heterocycles. The molecule has 6 heteroatoms. The Kier molecular flexibility index (Phi) is 5.91. The lowest BCUT2D eigenvalue weighted by Gasteiger charge is -2.14. The summed E-state index contributed by atoms with van der Waals surface area (Å²) in [5.74, 6) is 0.845. The quantitative estimate of drug-likeness (QED) is 0.622. The molecule has 0 spiro atoms. The first kappa shape index (κ1) is 16.5. The van der Waals surface area contributed by atoms with E-state index < -0.39 is 0 Å². The second-order valence-electron chi connectivity index (χ2n) is 5.13. The van der Waals surface area contributed by atoms with Gasteiger partial charge in [0.1, 0.15) is 5.75 Å². The van der Waals surface area contributed by atoms with Crippen LogP contribution in [0, 0.1) is 6.92 Å². The van der Waals surface area contributed by atoms with Crippen molar-refractivity contribution < 1.29 is 9.47 Å². The number of aromatic nitrogens is 1. The van der Waals surface area contributed by atoms with Gasteiger partial charge in [-0.05, 0) is 44.5 Å². The second kappa shape index (κ2) is 7.91. The van der Waals surface area contributed by atoms with Gasteiger partial charge >= 0.3 is 0 Å². The fourth-order valence-corrected chi connectivity index (χ4v) is 2.52. The smallest absolute Gasteiger partial charge is 0.203 e. The van der Waals surface area contributed by atoms with Crippen LogP contribution in [0.5, 0.6) is 5.75 Å². The van der Waals surface area contributed by atoms with Crippen molar-refractivity contribution in [3.8, 4) is 5.75 Å². The van der Waals surface area contributed by atoms with E-state index in [9.17, 15) is 0 Å². The summed E-state index contributed by atoms with van der Waals surface area (Å²) in [6, 6.07) is 5.93. The molecule has 0 aliphatic heterocycles. The van der Waals surface area contributed by atoms with Crippen molar-refractivity contribution in [3.05, 3.63) is 40.4 Å². The first-order chi connectivity index (χ1) is 10.6. The van der Waals surface area contributed by atoms with Crippen molar-refractivity contribution >= 4 is 22.7 Å². The number of nitrogens with zero attached hydrogens (tertiary/aromatic N) is 2. The Morgan fingerprint density at radius 3 is 2.86 bits per heavy atom. The number of benzene rings is 1. The molecule has 2 rings (SSSR count). The van der Waals surface area contributed by atoms with Gasteiger partial charge in [-0.25, -0.2) is 4.98 Å². The van der Waals surface area contributed by atoms with Crippen LogP contribution in [0.15, 0.2) is 28.7 Å². The maximum absolute atomic E-state index is 5.78. The molecule has 0 bridgehead atoms. The molecule has 5 nitrogen and oxygen atoms in total. The predicted molar refractivity (Wildman–Crippen MR) is 91.0 cm³/mol. The van der Waals surface area contributed by atoms with E-state index in [0.29, 0.717) is 6.61 Å². The largest absolute Gasteiger partial charge is 0.491 e. The van der Waals surface area contributed by atoms with Gasteiger partial charge in [0.15, 0.2) is 0 Å². The van der Waals surface area contributed by atoms with Crippen LogP contribution in [0.3, 0.4) is 0 Å². The van der Waals surface area contributed by atoms with Crippen LogP contribution in [0.4, 0.5) is 5.13 Å². The fourth-order valence-electron chi connectivity index (χ4n) is 1.88. The minimum absolute atomic E-state index is 0.130. The van der Waals surface area contributed by atoms with Gasteiger partial charge in [0, 0.05) is 18.1 Å². The van der Waals surface area contributed by atoms with Gasteiger partial charge in [0.2, 0.25) is 5.13 Å². The first-order valence-corrected chi connectivity index (χ1v) is 7.96. The van der Waals surface area contributed by atoms with Crippen molar-refractivity contribution in [3.63, 3.8) is 0 Å². The molecule has 118 valence electrons. The van der Waals surface area contributed by atoms with Crippen LogP contribution in [0.1, 0.15) is 30.7 Å². The third kappa shape index (κ3) is 4.82. The van der Waals surface area contributed by atoms with Crippen molar-refractivity contribution in [2.24, 2.45) is 5.10 Å². The zero-order chi connectivity index (χ0) is 15.9. The standard InChI is InChI=1S/C16H21N3O2S/c1-11(2)21-15-6-5-13(7-14(15)9-20-4)8-17-19-16-18-12(3)10-22-16/h5-8,10-11H,9H2,1-4H3,(H,18,19). The highest BCUT2D eigenvalue weighted by Gasteiger charge is 2.06. The highest BCUT2D eigenvalue weighted by atomic mass is 32.1. The van der Waals surface area contributed by atoms with Crippen LogP contribution in [0.2, 0.25) is 0 Å². The molecule has 1 N–H and O–H groups in total. The third-order valence-corrected chi connectivity index (χ3v) is 3.60. The topological polar surface area (TPSA) is 55.7 Å². The monoisotopic (exact) mass is 319 g/mol. The van der Waals surface area contributed by atoms with E-state index in [1.165, 1.54) is 11.3 Å². The Hall–Kier alpha value is -1.92. The summed E-state index contributed by atoms with van der Waals surface area (Å²) < 4.78 is 11.0. The van der Waals surface area contributed by atoms with Crippen LogP contribution < -0.4 is 10.2 Å². The van der Waals surface area contributed by atoms with Gasteiger partial charge in [-0.2, -0.15) is 5.10 Å². The molecule has 0 saturated heterocycles.